The molecule has 14 heavy (non-hydrogen) atoms. The molecule has 0 bridgehead atoms. The molecule has 2 N–H and O–H groups in total. The molecule has 2 heterocycles. The summed E-state index contributed by atoms with van der Waals surface area (Å²) >= 11 is 0. The van der Waals surface area contributed by atoms with Gasteiger partial charge < -0.3 is 5.73 Å². The average molecular weight is 192 g/mol. The maximum Gasteiger partial charge on any atom is 0.145 e. The molecule has 0 amide bonds. The quantitative estimate of drug-likeness (QED) is 0.725. The first-order chi connectivity index (χ1) is 6.77. The predicted molar refractivity (Wildman–Crippen MR) is 50.2 cm³/mol. The Kier molecular flexibility index (Phi) is 2.28. The summed E-state index contributed by atoms with van der Waals surface area (Å²) < 4.78 is 3.45. The number of hydrogen-bond donors (Lipinski definition) is 1. The number of rotatable bonds is 3. The Morgan fingerprint density at radius 1 is 1.50 bits per heavy atom. The molecule has 0 aliphatic rings. The standard InChI is InChI=1S/C8H12N6/c1-13-8(10-6-12-13)7(9)5-14-4-2-3-11-14/h2-4,6-7H,5,9H2,1H3. The van der Waals surface area contributed by atoms with Gasteiger partial charge >= 0.3 is 0 Å². The van der Waals surface area contributed by atoms with Crippen LogP contribution < -0.4 is 5.73 Å². The molecule has 0 radical (unpaired) electrons. The highest BCUT2D eigenvalue weighted by atomic mass is 15.3. The topological polar surface area (TPSA) is 74.6 Å². The van der Waals surface area contributed by atoms with Crippen LogP contribution in [0.2, 0.25) is 0 Å². The van der Waals surface area contributed by atoms with Crippen molar-refractivity contribution in [1.29, 1.82) is 0 Å². The Hall–Kier alpha value is -1.69. The van der Waals surface area contributed by atoms with E-state index in [1.165, 1.54) is 6.33 Å². The zero-order valence-electron chi connectivity index (χ0n) is 7.91. The summed E-state index contributed by atoms with van der Waals surface area (Å²) in [6.07, 6.45) is 5.10. The van der Waals surface area contributed by atoms with Gasteiger partial charge in [0.1, 0.15) is 12.2 Å². The number of aryl methyl sites for hydroxylation is 1. The Labute approximate surface area is 81.4 Å². The van der Waals surface area contributed by atoms with Crippen LogP contribution in [0.5, 0.6) is 0 Å². The minimum absolute atomic E-state index is 0.178. The fourth-order valence-corrected chi connectivity index (χ4v) is 1.33. The van der Waals surface area contributed by atoms with Gasteiger partial charge in [0, 0.05) is 19.4 Å². The third kappa shape index (κ3) is 1.64. The molecule has 74 valence electrons. The second-order valence-electron chi connectivity index (χ2n) is 3.08. The molecule has 0 aliphatic carbocycles. The van der Waals surface area contributed by atoms with Crippen molar-refractivity contribution >= 4 is 0 Å². The van der Waals surface area contributed by atoms with Gasteiger partial charge in [-0.05, 0) is 6.07 Å². The second-order valence-corrected chi connectivity index (χ2v) is 3.08. The van der Waals surface area contributed by atoms with Crippen LogP contribution in [0.3, 0.4) is 0 Å². The lowest BCUT2D eigenvalue weighted by Crippen LogP contribution is -2.21. The van der Waals surface area contributed by atoms with E-state index in [2.05, 4.69) is 15.2 Å². The first kappa shape index (κ1) is 8.89. The summed E-state index contributed by atoms with van der Waals surface area (Å²) in [5.41, 5.74) is 5.95. The van der Waals surface area contributed by atoms with Crippen LogP contribution in [0.1, 0.15) is 11.9 Å². The van der Waals surface area contributed by atoms with Gasteiger partial charge in [0.05, 0.1) is 12.6 Å². The molecule has 2 aromatic heterocycles. The number of nitrogens with two attached hydrogens (primary N) is 1. The Morgan fingerprint density at radius 3 is 2.93 bits per heavy atom. The SMILES string of the molecule is Cn1ncnc1C(N)Cn1cccn1. The van der Waals surface area contributed by atoms with Crippen LogP contribution in [0.15, 0.2) is 24.8 Å². The summed E-state index contributed by atoms with van der Waals surface area (Å²) in [6, 6.07) is 1.69. The maximum absolute atomic E-state index is 5.95. The van der Waals surface area contributed by atoms with Crippen LogP contribution in [0.4, 0.5) is 0 Å². The van der Waals surface area contributed by atoms with E-state index >= 15 is 0 Å². The highest BCUT2D eigenvalue weighted by molar-refractivity contribution is 4.92. The first-order valence-electron chi connectivity index (χ1n) is 4.34. The smallest absolute Gasteiger partial charge is 0.145 e. The molecule has 0 saturated heterocycles. The number of hydrogen-bond acceptors (Lipinski definition) is 4. The van der Waals surface area contributed by atoms with Gasteiger partial charge in [-0.1, -0.05) is 0 Å². The van der Waals surface area contributed by atoms with Crippen molar-refractivity contribution in [2.45, 2.75) is 12.6 Å². The number of nitrogens with zero attached hydrogens (tertiary/aromatic N) is 5. The Bertz CT molecular complexity index is 390. The van der Waals surface area contributed by atoms with Gasteiger partial charge in [-0.2, -0.15) is 10.2 Å². The third-order valence-corrected chi connectivity index (χ3v) is 2.02. The molecule has 0 spiro atoms. The monoisotopic (exact) mass is 192 g/mol. The van der Waals surface area contributed by atoms with Crippen LogP contribution in [0, 0.1) is 0 Å². The Morgan fingerprint density at radius 2 is 2.36 bits per heavy atom. The van der Waals surface area contributed by atoms with E-state index in [0.717, 1.165) is 5.82 Å². The molecular formula is C8H12N6. The molecule has 1 atom stereocenters. The lowest BCUT2D eigenvalue weighted by molar-refractivity contribution is 0.489. The summed E-state index contributed by atoms with van der Waals surface area (Å²) in [6.45, 7) is 0.611. The van der Waals surface area contributed by atoms with Crippen LogP contribution >= 0.6 is 0 Å². The molecule has 0 aliphatic heterocycles. The van der Waals surface area contributed by atoms with Crippen molar-refractivity contribution in [3.8, 4) is 0 Å². The highest BCUT2D eigenvalue weighted by Crippen LogP contribution is 2.06. The van der Waals surface area contributed by atoms with E-state index in [1.54, 1.807) is 15.6 Å². The largest absolute Gasteiger partial charge is 0.320 e. The van der Waals surface area contributed by atoms with Crippen LogP contribution in [0.25, 0.3) is 0 Å². The van der Waals surface area contributed by atoms with E-state index in [0.29, 0.717) is 6.54 Å². The van der Waals surface area contributed by atoms with Gasteiger partial charge in [0.15, 0.2) is 0 Å². The van der Waals surface area contributed by atoms with E-state index in [9.17, 15) is 0 Å². The van der Waals surface area contributed by atoms with Crippen molar-refractivity contribution < 1.29 is 0 Å². The zero-order chi connectivity index (χ0) is 9.97. The molecule has 6 heteroatoms. The third-order valence-electron chi connectivity index (χ3n) is 2.02. The van der Waals surface area contributed by atoms with Crippen molar-refractivity contribution in [1.82, 2.24) is 24.5 Å². The fraction of sp³-hybridized carbons (Fsp3) is 0.375. The van der Waals surface area contributed by atoms with Gasteiger partial charge in [-0.25, -0.2) is 4.98 Å². The van der Waals surface area contributed by atoms with E-state index in [4.69, 9.17) is 5.73 Å². The second kappa shape index (κ2) is 3.59. The normalized spacial score (nSPS) is 13.0. The first-order valence-corrected chi connectivity index (χ1v) is 4.34. The van der Waals surface area contributed by atoms with E-state index < -0.39 is 0 Å². The zero-order valence-corrected chi connectivity index (χ0v) is 7.91. The van der Waals surface area contributed by atoms with E-state index in [1.807, 2.05) is 19.3 Å². The maximum atomic E-state index is 5.95. The van der Waals surface area contributed by atoms with Gasteiger partial charge in [0.2, 0.25) is 0 Å². The molecular weight excluding hydrogens is 180 g/mol. The summed E-state index contributed by atoms with van der Waals surface area (Å²) in [5.74, 6) is 0.764. The van der Waals surface area contributed by atoms with Crippen molar-refractivity contribution in [3.05, 3.63) is 30.6 Å². The van der Waals surface area contributed by atoms with Crippen molar-refractivity contribution in [2.75, 3.05) is 0 Å². The molecule has 1 unspecified atom stereocenters. The minimum Gasteiger partial charge on any atom is -0.320 e. The summed E-state index contributed by atoms with van der Waals surface area (Å²) in [4.78, 5) is 4.08. The molecule has 0 saturated carbocycles. The number of aromatic nitrogens is 5. The highest BCUT2D eigenvalue weighted by Gasteiger charge is 2.11. The Balaban J connectivity index is 2.10. The molecule has 2 aromatic rings. The predicted octanol–water partition coefficient (Wildman–Crippen LogP) is -0.288. The van der Waals surface area contributed by atoms with Gasteiger partial charge in [-0.15, -0.1) is 0 Å². The van der Waals surface area contributed by atoms with Crippen molar-refractivity contribution in [2.24, 2.45) is 12.8 Å². The lowest BCUT2D eigenvalue weighted by Gasteiger charge is -2.10. The summed E-state index contributed by atoms with van der Waals surface area (Å²) in [7, 11) is 1.82. The van der Waals surface area contributed by atoms with Crippen LogP contribution in [-0.2, 0) is 13.6 Å². The van der Waals surface area contributed by atoms with Gasteiger partial charge in [0.25, 0.3) is 0 Å². The van der Waals surface area contributed by atoms with E-state index in [-0.39, 0.29) is 6.04 Å². The van der Waals surface area contributed by atoms with Crippen molar-refractivity contribution in [3.63, 3.8) is 0 Å². The average Bonchev–Trinajstić information content (AvgIpc) is 2.75. The van der Waals surface area contributed by atoms with Gasteiger partial charge in [-0.3, -0.25) is 9.36 Å². The molecule has 6 nitrogen and oxygen atoms in total. The fourth-order valence-electron chi connectivity index (χ4n) is 1.33. The molecule has 0 aromatic carbocycles. The molecule has 0 fully saturated rings. The minimum atomic E-state index is -0.178. The molecule has 2 rings (SSSR count). The van der Waals surface area contributed by atoms with Crippen LogP contribution in [-0.4, -0.2) is 24.5 Å². The summed E-state index contributed by atoms with van der Waals surface area (Å²) in [5, 5.41) is 8.04. The lowest BCUT2D eigenvalue weighted by atomic mass is 10.3.